The maximum atomic E-state index is 11.9. The summed E-state index contributed by atoms with van der Waals surface area (Å²) in [5.74, 6) is 0.771. The topological polar surface area (TPSA) is 64.6 Å². The van der Waals surface area contributed by atoms with Crippen molar-refractivity contribution in [3.63, 3.8) is 0 Å². The first-order valence-electron chi connectivity index (χ1n) is 8.42. The van der Waals surface area contributed by atoms with E-state index in [1.54, 1.807) is 30.3 Å². The fraction of sp³-hybridized carbons (Fsp3) is 0.143. The zero-order valence-electron chi connectivity index (χ0n) is 14.5. The molecule has 0 atom stereocenters. The summed E-state index contributed by atoms with van der Waals surface area (Å²) < 4.78 is 11.0. The fourth-order valence-electron chi connectivity index (χ4n) is 2.61. The summed E-state index contributed by atoms with van der Waals surface area (Å²) in [4.78, 5) is 23.4. The van der Waals surface area contributed by atoms with Gasteiger partial charge in [0.1, 0.15) is 18.1 Å². The largest absolute Gasteiger partial charge is 0.492 e. The Kier molecular flexibility index (Phi) is 6.28. The van der Waals surface area contributed by atoms with E-state index in [2.05, 4.69) is 5.32 Å². The van der Waals surface area contributed by atoms with E-state index in [9.17, 15) is 9.59 Å². The normalized spacial score (nSPS) is 10.4. The molecule has 3 aromatic rings. The maximum Gasteiger partial charge on any atom is 0.258 e. The molecule has 0 saturated heterocycles. The Bertz CT molecular complexity index is 941. The van der Waals surface area contributed by atoms with Gasteiger partial charge in [0, 0.05) is 5.02 Å². The lowest BCUT2D eigenvalue weighted by molar-refractivity contribution is -0.123. The lowest BCUT2D eigenvalue weighted by Gasteiger charge is -2.11. The molecule has 0 aliphatic heterocycles. The Morgan fingerprint density at radius 2 is 1.78 bits per heavy atom. The molecule has 5 nitrogen and oxygen atoms in total. The van der Waals surface area contributed by atoms with Crippen LogP contribution in [0.2, 0.25) is 5.02 Å². The smallest absolute Gasteiger partial charge is 0.258 e. The number of hydrogen-bond donors (Lipinski definition) is 1. The highest BCUT2D eigenvalue weighted by Gasteiger charge is 2.10. The minimum Gasteiger partial charge on any atom is -0.492 e. The highest BCUT2D eigenvalue weighted by Crippen LogP contribution is 2.26. The average molecular weight is 384 g/mol. The van der Waals surface area contributed by atoms with Gasteiger partial charge >= 0.3 is 0 Å². The van der Waals surface area contributed by atoms with E-state index >= 15 is 0 Å². The van der Waals surface area contributed by atoms with E-state index in [4.69, 9.17) is 21.1 Å². The zero-order chi connectivity index (χ0) is 19.1. The number of rotatable bonds is 8. The Balaban J connectivity index is 1.48. The van der Waals surface area contributed by atoms with E-state index in [1.807, 2.05) is 30.3 Å². The molecule has 0 aromatic heterocycles. The number of benzene rings is 3. The summed E-state index contributed by atoms with van der Waals surface area (Å²) in [6.45, 7) is 0.478. The van der Waals surface area contributed by atoms with Gasteiger partial charge in [0.2, 0.25) is 0 Å². The molecule has 6 heteroatoms. The van der Waals surface area contributed by atoms with E-state index in [1.165, 1.54) is 0 Å². The highest BCUT2D eigenvalue weighted by molar-refractivity contribution is 6.30. The molecule has 0 aliphatic carbocycles. The van der Waals surface area contributed by atoms with Crippen LogP contribution < -0.4 is 14.8 Å². The molecule has 1 N–H and O–H groups in total. The Morgan fingerprint density at radius 3 is 2.56 bits per heavy atom. The SMILES string of the molecule is O=Cc1c(OCC(=O)NCCOc2ccc(Cl)cc2)ccc2ccccc12. The van der Waals surface area contributed by atoms with Crippen molar-refractivity contribution in [2.75, 3.05) is 19.8 Å². The predicted octanol–water partition coefficient (Wildman–Crippen LogP) is 3.88. The second-order valence-corrected chi connectivity index (χ2v) is 6.19. The molecule has 27 heavy (non-hydrogen) atoms. The van der Waals surface area contributed by atoms with Crippen molar-refractivity contribution in [2.45, 2.75) is 0 Å². The first-order valence-corrected chi connectivity index (χ1v) is 8.80. The number of halogens is 1. The third kappa shape index (κ3) is 4.99. The van der Waals surface area contributed by atoms with Crippen LogP contribution >= 0.6 is 11.6 Å². The van der Waals surface area contributed by atoms with Crippen LogP contribution in [0.25, 0.3) is 10.8 Å². The van der Waals surface area contributed by atoms with E-state index in [0.717, 1.165) is 17.1 Å². The van der Waals surface area contributed by atoms with Crippen molar-refractivity contribution >= 4 is 34.6 Å². The monoisotopic (exact) mass is 383 g/mol. The van der Waals surface area contributed by atoms with Crippen LogP contribution in [0.3, 0.4) is 0 Å². The van der Waals surface area contributed by atoms with Crippen molar-refractivity contribution in [1.82, 2.24) is 5.32 Å². The van der Waals surface area contributed by atoms with Crippen molar-refractivity contribution in [3.8, 4) is 11.5 Å². The molecular formula is C21H18ClNO4. The van der Waals surface area contributed by atoms with Crippen LogP contribution in [0.5, 0.6) is 11.5 Å². The van der Waals surface area contributed by atoms with Gasteiger partial charge in [-0.15, -0.1) is 0 Å². The number of carbonyl (C=O) groups is 2. The molecule has 0 heterocycles. The molecular weight excluding hydrogens is 366 g/mol. The third-order valence-electron chi connectivity index (χ3n) is 3.91. The van der Waals surface area contributed by atoms with Gasteiger partial charge in [0.15, 0.2) is 12.9 Å². The molecule has 0 bridgehead atoms. The number of carbonyl (C=O) groups excluding carboxylic acids is 2. The molecule has 3 rings (SSSR count). The van der Waals surface area contributed by atoms with Gasteiger partial charge in [-0.05, 0) is 41.1 Å². The van der Waals surface area contributed by atoms with Gasteiger partial charge in [-0.2, -0.15) is 0 Å². The molecule has 0 saturated carbocycles. The minimum atomic E-state index is -0.292. The first-order chi connectivity index (χ1) is 13.2. The van der Waals surface area contributed by atoms with Crippen LogP contribution in [0.15, 0.2) is 60.7 Å². The van der Waals surface area contributed by atoms with Crippen LogP contribution in [-0.4, -0.2) is 32.0 Å². The molecule has 0 unspecified atom stereocenters. The van der Waals surface area contributed by atoms with Crippen LogP contribution in [0.1, 0.15) is 10.4 Å². The number of aldehydes is 1. The van der Waals surface area contributed by atoms with Gasteiger partial charge < -0.3 is 14.8 Å². The van der Waals surface area contributed by atoms with Crippen LogP contribution in [0, 0.1) is 0 Å². The molecule has 3 aromatic carbocycles. The summed E-state index contributed by atoms with van der Waals surface area (Å²) in [7, 11) is 0. The number of ether oxygens (including phenoxy) is 2. The Morgan fingerprint density at radius 1 is 1.00 bits per heavy atom. The summed E-state index contributed by atoms with van der Waals surface area (Å²) in [6.07, 6.45) is 0.746. The van der Waals surface area contributed by atoms with Gasteiger partial charge in [0.25, 0.3) is 5.91 Å². The standard InChI is InChI=1S/C21H18ClNO4/c22-16-6-8-17(9-7-16)26-12-11-23-21(25)14-27-20-10-5-15-3-1-2-4-18(15)19(20)13-24/h1-10,13H,11-12,14H2,(H,23,25). The molecule has 0 spiro atoms. The summed E-state index contributed by atoms with van der Waals surface area (Å²) in [6, 6.07) is 18.1. The molecule has 0 fully saturated rings. The summed E-state index contributed by atoms with van der Waals surface area (Å²) in [5.41, 5.74) is 0.437. The number of amides is 1. The van der Waals surface area contributed by atoms with Gasteiger partial charge in [0.05, 0.1) is 12.1 Å². The minimum absolute atomic E-state index is 0.180. The lowest BCUT2D eigenvalue weighted by atomic mass is 10.0. The molecule has 1 amide bonds. The van der Waals surface area contributed by atoms with E-state index in [-0.39, 0.29) is 12.5 Å². The lowest BCUT2D eigenvalue weighted by Crippen LogP contribution is -2.32. The van der Waals surface area contributed by atoms with E-state index in [0.29, 0.717) is 35.2 Å². The predicted molar refractivity (Wildman–Crippen MR) is 105 cm³/mol. The van der Waals surface area contributed by atoms with E-state index < -0.39 is 0 Å². The molecule has 0 radical (unpaired) electrons. The number of fused-ring (bicyclic) bond motifs is 1. The number of nitrogens with one attached hydrogen (secondary N) is 1. The van der Waals surface area contributed by atoms with Gasteiger partial charge in [-0.1, -0.05) is 41.9 Å². The quantitative estimate of drug-likeness (QED) is 0.473. The maximum absolute atomic E-state index is 11.9. The first kappa shape index (κ1) is 18.7. The second-order valence-electron chi connectivity index (χ2n) is 5.76. The van der Waals surface area contributed by atoms with Crippen molar-refractivity contribution in [2.24, 2.45) is 0 Å². The fourth-order valence-corrected chi connectivity index (χ4v) is 2.73. The molecule has 138 valence electrons. The van der Waals surface area contributed by atoms with Crippen molar-refractivity contribution in [1.29, 1.82) is 0 Å². The average Bonchev–Trinajstić information content (AvgIpc) is 2.70. The van der Waals surface area contributed by atoms with Crippen molar-refractivity contribution in [3.05, 3.63) is 71.2 Å². The summed E-state index contributed by atoms with van der Waals surface area (Å²) in [5, 5.41) is 5.08. The summed E-state index contributed by atoms with van der Waals surface area (Å²) >= 11 is 5.81. The van der Waals surface area contributed by atoms with Gasteiger partial charge in [-0.25, -0.2) is 0 Å². The van der Waals surface area contributed by atoms with Crippen LogP contribution in [0.4, 0.5) is 0 Å². The second kappa shape index (κ2) is 9.05. The Labute approximate surface area is 161 Å². The molecule has 0 aliphatic rings. The zero-order valence-corrected chi connectivity index (χ0v) is 15.2. The highest BCUT2D eigenvalue weighted by atomic mass is 35.5. The number of hydrogen-bond acceptors (Lipinski definition) is 4. The Hall–Kier alpha value is -3.05. The van der Waals surface area contributed by atoms with Gasteiger partial charge in [-0.3, -0.25) is 9.59 Å². The third-order valence-corrected chi connectivity index (χ3v) is 4.17. The van der Waals surface area contributed by atoms with Crippen LogP contribution in [-0.2, 0) is 4.79 Å². The van der Waals surface area contributed by atoms with Crippen molar-refractivity contribution < 1.29 is 19.1 Å².